The smallest absolute Gasteiger partial charge is 0.267 e. The van der Waals surface area contributed by atoms with Crippen molar-refractivity contribution in [2.75, 3.05) is 12.3 Å². The fraction of sp³-hybridized carbons (Fsp3) is 0.250. The molecule has 0 aliphatic carbocycles. The first-order valence-electron chi connectivity index (χ1n) is 6.77. The molecule has 5 nitrogen and oxygen atoms in total. The number of Topliss-reactive ketones (excluding diaryl/α,β-unsaturated/α-hetero) is 1. The first-order valence-corrected chi connectivity index (χ1v) is 6.77. The highest BCUT2D eigenvalue weighted by Crippen LogP contribution is 2.09. The van der Waals surface area contributed by atoms with Gasteiger partial charge in [-0.3, -0.25) is 9.59 Å². The average Bonchev–Trinajstić information content (AvgIpc) is 2.83. The zero-order chi connectivity index (χ0) is 15.4. The Hall–Kier alpha value is -2.27. The molecule has 1 aromatic heterocycles. The van der Waals surface area contributed by atoms with Gasteiger partial charge in [0.05, 0.1) is 0 Å². The predicted octanol–water partition coefficient (Wildman–Crippen LogP) is 2.20. The van der Waals surface area contributed by atoms with Crippen LogP contribution in [0.1, 0.15) is 33.3 Å². The van der Waals surface area contributed by atoms with Crippen molar-refractivity contribution in [3.8, 4) is 0 Å². The zero-order valence-corrected chi connectivity index (χ0v) is 13.4. The van der Waals surface area contributed by atoms with Crippen molar-refractivity contribution < 1.29 is 9.59 Å². The topological polar surface area (TPSA) is 77.1 Å². The molecule has 0 unspecified atom stereocenters. The summed E-state index contributed by atoms with van der Waals surface area (Å²) in [7, 11) is 1.75. The van der Waals surface area contributed by atoms with Crippen molar-refractivity contribution in [2.24, 2.45) is 7.05 Å². The van der Waals surface area contributed by atoms with Gasteiger partial charge in [0.15, 0.2) is 5.78 Å². The second kappa shape index (κ2) is 7.66. The van der Waals surface area contributed by atoms with Crippen molar-refractivity contribution in [3.63, 3.8) is 0 Å². The molecule has 0 radical (unpaired) electrons. The van der Waals surface area contributed by atoms with E-state index in [1.807, 2.05) is 24.3 Å². The van der Waals surface area contributed by atoms with Gasteiger partial charge < -0.3 is 15.6 Å². The fourth-order valence-corrected chi connectivity index (χ4v) is 2.08. The largest absolute Gasteiger partial charge is 0.399 e. The summed E-state index contributed by atoms with van der Waals surface area (Å²) in [4.78, 5) is 23.4. The number of halogens is 1. The summed E-state index contributed by atoms with van der Waals surface area (Å²) < 4.78 is 1.66. The number of benzene rings is 1. The lowest BCUT2D eigenvalue weighted by Gasteiger charge is -2.06. The van der Waals surface area contributed by atoms with Crippen LogP contribution >= 0.6 is 12.4 Å². The standard InChI is InChI=1S/C16H19N3O2.ClH/c1-11(20)13-9-15(19(2)10-13)16(21)18-8-7-12-3-5-14(17)6-4-12;/h3-6,9-10H,7-8,17H2,1-2H3,(H,18,21);1H. The van der Waals surface area contributed by atoms with Crippen LogP contribution in [0.4, 0.5) is 5.69 Å². The lowest BCUT2D eigenvalue weighted by Crippen LogP contribution is -2.27. The van der Waals surface area contributed by atoms with Gasteiger partial charge in [-0.1, -0.05) is 12.1 Å². The van der Waals surface area contributed by atoms with Crippen molar-refractivity contribution >= 4 is 29.8 Å². The number of rotatable bonds is 5. The second-order valence-corrected chi connectivity index (χ2v) is 5.03. The highest BCUT2D eigenvalue weighted by Gasteiger charge is 2.13. The van der Waals surface area contributed by atoms with Gasteiger partial charge in [-0.15, -0.1) is 12.4 Å². The van der Waals surface area contributed by atoms with Crippen LogP contribution in [0, 0.1) is 0 Å². The van der Waals surface area contributed by atoms with Crippen LogP contribution in [-0.2, 0) is 13.5 Å². The van der Waals surface area contributed by atoms with Crippen molar-refractivity contribution in [1.29, 1.82) is 0 Å². The van der Waals surface area contributed by atoms with Crippen LogP contribution in [0.2, 0.25) is 0 Å². The Kier molecular flexibility index (Phi) is 6.19. The number of carbonyl (C=O) groups is 2. The van der Waals surface area contributed by atoms with Crippen LogP contribution in [0.5, 0.6) is 0 Å². The molecule has 0 saturated heterocycles. The van der Waals surface area contributed by atoms with Gasteiger partial charge in [0.1, 0.15) is 5.69 Å². The maximum atomic E-state index is 12.1. The van der Waals surface area contributed by atoms with Gasteiger partial charge in [-0.05, 0) is 37.1 Å². The molecule has 0 aliphatic heterocycles. The van der Waals surface area contributed by atoms with Gasteiger partial charge >= 0.3 is 0 Å². The number of ketones is 1. The number of hydrogen-bond acceptors (Lipinski definition) is 3. The summed E-state index contributed by atoms with van der Waals surface area (Å²) in [6.07, 6.45) is 2.40. The van der Waals surface area contributed by atoms with Crippen LogP contribution < -0.4 is 11.1 Å². The third-order valence-corrected chi connectivity index (χ3v) is 3.32. The summed E-state index contributed by atoms with van der Waals surface area (Å²) >= 11 is 0. The number of anilines is 1. The Morgan fingerprint density at radius 1 is 1.23 bits per heavy atom. The number of carbonyl (C=O) groups excluding carboxylic acids is 2. The van der Waals surface area contributed by atoms with E-state index in [1.54, 1.807) is 23.9 Å². The number of aromatic nitrogens is 1. The highest BCUT2D eigenvalue weighted by atomic mass is 35.5. The molecule has 6 heteroatoms. The molecule has 1 heterocycles. The Bertz CT molecular complexity index is 663. The van der Waals surface area contributed by atoms with Gasteiger partial charge in [-0.25, -0.2) is 0 Å². The third kappa shape index (κ3) is 4.36. The van der Waals surface area contributed by atoms with Crippen LogP contribution in [0.3, 0.4) is 0 Å². The molecule has 1 aromatic carbocycles. The SMILES string of the molecule is CC(=O)c1cc(C(=O)NCCc2ccc(N)cc2)n(C)c1.Cl. The van der Waals surface area contributed by atoms with E-state index in [1.165, 1.54) is 6.92 Å². The molecule has 0 atom stereocenters. The van der Waals surface area contributed by atoms with Gasteiger partial charge in [0, 0.05) is 31.0 Å². The van der Waals surface area contributed by atoms with E-state index in [2.05, 4.69) is 5.32 Å². The van der Waals surface area contributed by atoms with Gasteiger partial charge in [-0.2, -0.15) is 0 Å². The van der Waals surface area contributed by atoms with Crippen molar-refractivity contribution in [2.45, 2.75) is 13.3 Å². The van der Waals surface area contributed by atoms with Crippen molar-refractivity contribution in [3.05, 3.63) is 53.3 Å². The van der Waals surface area contributed by atoms with E-state index in [4.69, 9.17) is 5.73 Å². The number of aryl methyl sites for hydroxylation is 1. The molecule has 2 aromatic rings. The molecule has 2 rings (SSSR count). The maximum Gasteiger partial charge on any atom is 0.267 e. The third-order valence-electron chi connectivity index (χ3n) is 3.32. The Morgan fingerprint density at radius 3 is 2.41 bits per heavy atom. The average molecular weight is 322 g/mol. The minimum Gasteiger partial charge on any atom is -0.399 e. The minimum absolute atomic E-state index is 0. The molecule has 0 aliphatic rings. The minimum atomic E-state index is -0.180. The Balaban J connectivity index is 0.00000242. The van der Waals surface area contributed by atoms with Crippen molar-refractivity contribution in [1.82, 2.24) is 9.88 Å². The number of nitrogens with two attached hydrogens (primary N) is 1. The Morgan fingerprint density at radius 2 is 1.86 bits per heavy atom. The molecule has 3 N–H and O–H groups in total. The fourth-order valence-electron chi connectivity index (χ4n) is 2.08. The van der Waals surface area contributed by atoms with Crippen LogP contribution in [0.15, 0.2) is 36.5 Å². The summed E-state index contributed by atoms with van der Waals surface area (Å²) in [6.45, 7) is 2.02. The predicted molar refractivity (Wildman–Crippen MR) is 89.6 cm³/mol. The quantitative estimate of drug-likeness (QED) is 0.654. The van der Waals surface area contributed by atoms with E-state index in [0.717, 1.165) is 17.7 Å². The van der Waals surface area contributed by atoms with Crippen LogP contribution in [0.25, 0.3) is 0 Å². The highest BCUT2D eigenvalue weighted by molar-refractivity contribution is 5.99. The molecule has 0 spiro atoms. The summed E-state index contributed by atoms with van der Waals surface area (Å²) in [6, 6.07) is 9.18. The number of nitrogen functional groups attached to an aromatic ring is 1. The summed E-state index contributed by atoms with van der Waals surface area (Å²) in [5, 5.41) is 2.85. The molecular weight excluding hydrogens is 302 g/mol. The monoisotopic (exact) mass is 321 g/mol. The maximum absolute atomic E-state index is 12.1. The van der Waals surface area contributed by atoms with E-state index in [-0.39, 0.29) is 24.1 Å². The molecule has 0 bridgehead atoms. The number of nitrogens with one attached hydrogen (secondary N) is 1. The first-order chi connectivity index (χ1) is 9.97. The van der Waals surface area contributed by atoms with Crippen LogP contribution in [-0.4, -0.2) is 22.8 Å². The summed E-state index contributed by atoms with van der Waals surface area (Å²) in [5.41, 5.74) is 8.49. The Labute approximate surface area is 135 Å². The van der Waals surface area contributed by atoms with Gasteiger partial charge in [0.25, 0.3) is 5.91 Å². The number of nitrogens with zero attached hydrogens (tertiary/aromatic N) is 1. The van der Waals surface area contributed by atoms with Gasteiger partial charge in [0.2, 0.25) is 0 Å². The molecule has 0 saturated carbocycles. The lowest BCUT2D eigenvalue weighted by atomic mass is 10.1. The first kappa shape index (κ1) is 17.8. The van der Waals surface area contributed by atoms with E-state index < -0.39 is 0 Å². The van der Waals surface area contributed by atoms with E-state index in [9.17, 15) is 9.59 Å². The molecule has 0 fully saturated rings. The zero-order valence-electron chi connectivity index (χ0n) is 12.6. The molecule has 118 valence electrons. The molecule has 1 amide bonds. The number of hydrogen-bond donors (Lipinski definition) is 2. The number of amides is 1. The van der Waals surface area contributed by atoms with E-state index in [0.29, 0.717) is 17.8 Å². The molecular formula is C16H20ClN3O2. The normalized spacial score (nSPS) is 9.91. The summed E-state index contributed by atoms with van der Waals surface area (Å²) in [5.74, 6) is -0.230. The van der Waals surface area contributed by atoms with E-state index >= 15 is 0 Å². The molecule has 22 heavy (non-hydrogen) atoms. The lowest BCUT2D eigenvalue weighted by molar-refractivity contribution is 0.0945. The second-order valence-electron chi connectivity index (χ2n) is 5.03.